The van der Waals surface area contributed by atoms with Gasteiger partial charge in [-0.1, -0.05) is 0 Å². The molecule has 1 aromatic carbocycles. The summed E-state index contributed by atoms with van der Waals surface area (Å²) < 4.78 is 15.7. The van der Waals surface area contributed by atoms with Gasteiger partial charge in [0.2, 0.25) is 5.95 Å². The lowest BCUT2D eigenvalue weighted by Crippen LogP contribution is -2.27. The van der Waals surface area contributed by atoms with Crippen LogP contribution in [0, 0.1) is 5.82 Å². The van der Waals surface area contributed by atoms with Gasteiger partial charge in [0.15, 0.2) is 0 Å². The summed E-state index contributed by atoms with van der Waals surface area (Å²) in [6.07, 6.45) is 0.905. The number of benzene rings is 1. The van der Waals surface area contributed by atoms with Crippen molar-refractivity contribution in [1.82, 2.24) is 14.3 Å². The maximum Gasteiger partial charge on any atom is 0.352 e. The Morgan fingerprint density at radius 1 is 1.29 bits per heavy atom. The van der Waals surface area contributed by atoms with E-state index in [0.717, 1.165) is 13.0 Å². The molecule has 2 aromatic rings. The quantitative estimate of drug-likeness (QED) is 0.800. The standard InChI is InChI=1S/C11H11FN4O/c12-8-2-4-9(5-3-8)16-11(17)15-7-1-6-13-10(15)14-16/h2-5H,1,6-7H2,(H,13,14). The molecule has 0 atom stereocenters. The van der Waals surface area contributed by atoms with E-state index in [1.54, 1.807) is 4.57 Å². The molecule has 0 saturated heterocycles. The summed E-state index contributed by atoms with van der Waals surface area (Å²) in [5.41, 5.74) is 0.374. The average Bonchev–Trinajstić information content (AvgIpc) is 2.69. The summed E-state index contributed by atoms with van der Waals surface area (Å²) in [5, 5.41) is 7.25. The molecule has 1 aromatic heterocycles. The first kappa shape index (κ1) is 10.1. The number of rotatable bonds is 1. The van der Waals surface area contributed by atoms with Gasteiger partial charge in [-0.3, -0.25) is 4.57 Å². The van der Waals surface area contributed by atoms with Crippen molar-refractivity contribution in [3.8, 4) is 5.69 Å². The molecule has 17 heavy (non-hydrogen) atoms. The second kappa shape index (κ2) is 3.73. The van der Waals surface area contributed by atoms with Crippen LogP contribution in [-0.4, -0.2) is 20.9 Å². The van der Waals surface area contributed by atoms with E-state index in [9.17, 15) is 9.18 Å². The molecule has 0 saturated carbocycles. The van der Waals surface area contributed by atoms with E-state index in [-0.39, 0.29) is 11.5 Å². The minimum Gasteiger partial charge on any atom is -0.354 e. The lowest BCUT2D eigenvalue weighted by Gasteiger charge is -2.12. The zero-order chi connectivity index (χ0) is 11.8. The van der Waals surface area contributed by atoms with E-state index < -0.39 is 0 Å². The fraction of sp³-hybridized carbons (Fsp3) is 0.273. The van der Waals surface area contributed by atoms with Crippen LogP contribution in [0.2, 0.25) is 0 Å². The zero-order valence-corrected chi connectivity index (χ0v) is 9.06. The fourth-order valence-corrected chi connectivity index (χ4v) is 1.92. The van der Waals surface area contributed by atoms with E-state index >= 15 is 0 Å². The number of fused-ring (bicyclic) bond motifs is 1. The molecule has 2 heterocycles. The molecule has 0 radical (unpaired) electrons. The first-order chi connectivity index (χ1) is 8.25. The molecule has 0 amide bonds. The molecular weight excluding hydrogens is 223 g/mol. The van der Waals surface area contributed by atoms with Crippen molar-refractivity contribution in [2.45, 2.75) is 13.0 Å². The molecule has 6 heteroatoms. The molecular formula is C11H11FN4O. The summed E-state index contributed by atoms with van der Waals surface area (Å²) >= 11 is 0. The number of anilines is 1. The number of halogens is 1. The molecule has 88 valence electrons. The summed E-state index contributed by atoms with van der Waals surface area (Å²) in [4.78, 5) is 12.0. The third-order valence-electron chi connectivity index (χ3n) is 2.78. The molecule has 1 aliphatic rings. The highest BCUT2D eigenvalue weighted by Gasteiger charge is 2.16. The smallest absolute Gasteiger partial charge is 0.352 e. The van der Waals surface area contributed by atoms with E-state index in [1.807, 2.05) is 0 Å². The molecule has 1 N–H and O–H groups in total. The summed E-state index contributed by atoms with van der Waals surface area (Å²) in [7, 11) is 0. The van der Waals surface area contributed by atoms with Crippen molar-refractivity contribution in [2.75, 3.05) is 11.9 Å². The Kier molecular flexibility index (Phi) is 2.21. The first-order valence-electron chi connectivity index (χ1n) is 5.45. The van der Waals surface area contributed by atoms with E-state index in [4.69, 9.17) is 0 Å². The topological polar surface area (TPSA) is 51.9 Å². The fourth-order valence-electron chi connectivity index (χ4n) is 1.92. The van der Waals surface area contributed by atoms with Crippen LogP contribution in [0.15, 0.2) is 29.1 Å². The molecule has 1 aliphatic heterocycles. The van der Waals surface area contributed by atoms with Gasteiger partial charge in [-0.15, -0.1) is 5.10 Å². The summed E-state index contributed by atoms with van der Waals surface area (Å²) in [6, 6.07) is 5.70. The van der Waals surface area contributed by atoms with Gasteiger partial charge in [0.05, 0.1) is 5.69 Å². The average molecular weight is 234 g/mol. The van der Waals surface area contributed by atoms with Crippen molar-refractivity contribution in [2.24, 2.45) is 0 Å². The highest BCUT2D eigenvalue weighted by Crippen LogP contribution is 2.11. The normalized spacial score (nSPS) is 14.2. The van der Waals surface area contributed by atoms with E-state index in [0.29, 0.717) is 18.2 Å². The van der Waals surface area contributed by atoms with Crippen molar-refractivity contribution in [1.29, 1.82) is 0 Å². The molecule has 0 fully saturated rings. The number of hydrogen-bond donors (Lipinski definition) is 1. The van der Waals surface area contributed by atoms with Gasteiger partial charge in [0, 0.05) is 13.1 Å². The largest absolute Gasteiger partial charge is 0.354 e. The molecule has 0 unspecified atom stereocenters. The van der Waals surface area contributed by atoms with Gasteiger partial charge in [-0.25, -0.2) is 9.18 Å². The van der Waals surface area contributed by atoms with Gasteiger partial charge < -0.3 is 5.32 Å². The number of aromatic nitrogens is 3. The predicted molar refractivity (Wildman–Crippen MR) is 60.9 cm³/mol. The van der Waals surface area contributed by atoms with E-state index in [2.05, 4.69) is 10.4 Å². The Morgan fingerprint density at radius 2 is 2.06 bits per heavy atom. The Labute approximate surface area is 96.5 Å². The van der Waals surface area contributed by atoms with Crippen LogP contribution >= 0.6 is 0 Å². The number of nitrogens with one attached hydrogen (secondary N) is 1. The lowest BCUT2D eigenvalue weighted by molar-refractivity contribution is 0.606. The molecule has 3 rings (SSSR count). The lowest BCUT2D eigenvalue weighted by atomic mass is 10.3. The summed E-state index contributed by atoms with van der Waals surface area (Å²) in [5.74, 6) is 0.245. The van der Waals surface area contributed by atoms with Crippen LogP contribution in [0.25, 0.3) is 5.69 Å². The predicted octanol–water partition coefficient (Wildman–Crippen LogP) is 0.989. The molecule has 0 aliphatic carbocycles. The van der Waals surface area contributed by atoms with Crippen LogP contribution in [0.5, 0.6) is 0 Å². The Hall–Kier alpha value is -2.11. The number of nitrogens with zero attached hydrogens (tertiary/aromatic N) is 3. The van der Waals surface area contributed by atoms with Crippen LogP contribution in [0.3, 0.4) is 0 Å². The molecule has 0 bridgehead atoms. The van der Waals surface area contributed by atoms with E-state index in [1.165, 1.54) is 28.9 Å². The third kappa shape index (κ3) is 1.61. The van der Waals surface area contributed by atoms with Gasteiger partial charge in [0.25, 0.3) is 0 Å². The summed E-state index contributed by atoms with van der Waals surface area (Å²) in [6.45, 7) is 1.49. The van der Waals surface area contributed by atoms with Crippen molar-refractivity contribution >= 4 is 5.95 Å². The minimum absolute atomic E-state index is 0.196. The second-order valence-corrected chi connectivity index (χ2v) is 3.93. The number of hydrogen-bond acceptors (Lipinski definition) is 3. The van der Waals surface area contributed by atoms with Gasteiger partial charge in [0.1, 0.15) is 5.82 Å². The first-order valence-corrected chi connectivity index (χ1v) is 5.45. The van der Waals surface area contributed by atoms with Gasteiger partial charge >= 0.3 is 5.69 Å². The van der Waals surface area contributed by atoms with Crippen LogP contribution in [0.1, 0.15) is 6.42 Å². The molecule has 0 spiro atoms. The van der Waals surface area contributed by atoms with Crippen molar-refractivity contribution in [3.63, 3.8) is 0 Å². The zero-order valence-electron chi connectivity index (χ0n) is 9.06. The van der Waals surface area contributed by atoms with Crippen molar-refractivity contribution < 1.29 is 4.39 Å². The van der Waals surface area contributed by atoms with Crippen LogP contribution in [-0.2, 0) is 6.54 Å². The minimum atomic E-state index is -0.330. The Morgan fingerprint density at radius 3 is 2.76 bits per heavy atom. The Balaban J connectivity index is 2.12. The Bertz CT molecular complexity index is 599. The SMILES string of the molecule is O=c1n(-c2ccc(F)cc2)nc2n1CCCN2. The van der Waals surface area contributed by atoms with Gasteiger partial charge in [-0.05, 0) is 30.7 Å². The second-order valence-electron chi connectivity index (χ2n) is 3.93. The maximum atomic E-state index is 12.8. The van der Waals surface area contributed by atoms with Gasteiger partial charge in [-0.2, -0.15) is 4.68 Å². The monoisotopic (exact) mass is 234 g/mol. The highest BCUT2D eigenvalue weighted by atomic mass is 19.1. The van der Waals surface area contributed by atoms with Crippen molar-refractivity contribution in [3.05, 3.63) is 40.6 Å². The molecule has 5 nitrogen and oxygen atoms in total. The maximum absolute atomic E-state index is 12.8. The highest BCUT2D eigenvalue weighted by molar-refractivity contribution is 5.34. The van der Waals surface area contributed by atoms with Crippen LogP contribution in [0.4, 0.5) is 10.3 Å². The van der Waals surface area contributed by atoms with Crippen LogP contribution < -0.4 is 11.0 Å². The third-order valence-corrected chi connectivity index (χ3v) is 2.78.